The van der Waals surface area contributed by atoms with E-state index >= 15 is 0 Å². The fourth-order valence-corrected chi connectivity index (χ4v) is 1.66. The van der Waals surface area contributed by atoms with Crippen molar-refractivity contribution in [3.63, 3.8) is 0 Å². The van der Waals surface area contributed by atoms with Gasteiger partial charge in [-0.3, -0.25) is 4.68 Å². The van der Waals surface area contributed by atoms with Gasteiger partial charge in [-0.1, -0.05) is 27.2 Å². The van der Waals surface area contributed by atoms with Crippen molar-refractivity contribution in [2.45, 2.75) is 39.5 Å². The van der Waals surface area contributed by atoms with Crippen LogP contribution >= 0.6 is 0 Å². The molecule has 0 unspecified atom stereocenters. The monoisotopic (exact) mass is 181 g/mol. The molecular weight excluding hydrogens is 162 g/mol. The van der Waals surface area contributed by atoms with Crippen LogP contribution in [0.3, 0.4) is 0 Å². The predicted octanol–water partition coefficient (Wildman–Crippen LogP) is 2.08. The molecule has 1 rings (SSSR count). The highest BCUT2D eigenvalue weighted by molar-refractivity contribution is 5.45. The molecule has 0 aliphatic carbocycles. The molecule has 1 aromatic rings. The van der Waals surface area contributed by atoms with Crippen molar-refractivity contribution in [3.8, 4) is 0 Å². The summed E-state index contributed by atoms with van der Waals surface area (Å²) >= 11 is 0. The molecule has 0 radical (unpaired) electrons. The molecule has 0 saturated carbocycles. The lowest BCUT2D eigenvalue weighted by molar-refractivity contribution is 0.739. The first-order valence-electron chi connectivity index (χ1n) is 4.89. The SMILES string of the molecule is CCCc1nn(C)c(N)c1C(C)C. The van der Waals surface area contributed by atoms with E-state index in [0.29, 0.717) is 5.92 Å². The zero-order valence-corrected chi connectivity index (χ0v) is 8.96. The standard InChI is InChI=1S/C10H19N3/c1-5-6-8-9(7(2)3)10(11)13(4)12-8/h7H,5-6,11H2,1-4H3. The molecule has 0 aromatic carbocycles. The van der Waals surface area contributed by atoms with E-state index in [2.05, 4.69) is 25.9 Å². The van der Waals surface area contributed by atoms with Crippen LogP contribution in [0.5, 0.6) is 0 Å². The van der Waals surface area contributed by atoms with Crippen molar-refractivity contribution in [2.24, 2.45) is 7.05 Å². The minimum Gasteiger partial charge on any atom is -0.384 e. The Morgan fingerprint density at radius 3 is 2.54 bits per heavy atom. The van der Waals surface area contributed by atoms with Crippen LogP contribution in [-0.4, -0.2) is 9.78 Å². The summed E-state index contributed by atoms with van der Waals surface area (Å²) in [5.41, 5.74) is 8.33. The van der Waals surface area contributed by atoms with Crippen LogP contribution < -0.4 is 5.73 Å². The number of hydrogen-bond acceptors (Lipinski definition) is 2. The molecule has 0 atom stereocenters. The van der Waals surface area contributed by atoms with Gasteiger partial charge in [-0.05, 0) is 12.3 Å². The van der Waals surface area contributed by atoms with Gasteiger partial charge >= 0.3 is 0 Å². The molecule has 1 aromatic heterocycles. The van der Waals surface area contributed by atoms with Gasteiger partial charge in [0, 0.05) is 12.6 Å². The lowest BCUT2D eigenvalue weighted by Gasteiger charge is -2.05. The van der Waals surface area contributed by atoms with Crippen LogP contribution in [0.1, 0.15) is 44.4 Å². The highest BCUT2D eigenvalue weighted by Gasteiger charge is 2.15. The number of rotatable bonds is 3. The average Bonchev–Trinajstić information content (AvgIpc) is 2.28. The molecular formula is C10H19N3. The third kappa shape index (κ3) is 1.85. The largest absolute Gasteiger partial charge is 0.384 e. The first-order chi connectivity index (χ1) is 6.07. The summed E-state index contributed by atoms with van der Waals surface area (Å²) in [6.07, 6.45) is 2.15. The fraction of sp³-hybridized carbons (Fsp3) is 0.700. The zero-order chi connectivity index (χ0) is 10.0. The topological polar surface area (TPSA) is 43.8 Å². The second-order valence-electron chi connectivity index (χ2n) is 3.77. The molecule has 2 N–H and O–H groups in total. The van der Waals surface area contributed by atoms with E-state index in [1.54, 1.807) is 4.68 Å². The van der Waals surface area contributed by atoms with E-state index in [9.17, 15) is 0 Å². The number of nitrogen functional groups attached to an aromatic ring is 1. The summed E-state index contributed by atoms with van der Waals surface area (Å²) < 4.78 is 1.78. The smallest absolute Gasteiger partial charge is 0.125 e. The molecule has 0 aliphatic rings. The maximum atomic E-state index is 5.94. The van der Waals surface area contributed by atoms with Crippen molar-refractivity contribution < 1.29 is 0 Å². The van der Waals surface area contributed by atoms with Gasteiger partial charge in [0.05, 0.1) is 5.69 Å². The summed E-state index contributed by atoms with van der Waals surface area (Å²) in [5, 5.41) is 4.41. The van der Waals surface area contributed by atoms with Crippen molar-refractivity contribution in [1.82, 2.24) is 9.78 Å². The summed E-state index contributed by atoms with van der Waals surface area (Å²) in [4.78, 5) is 0. The predicted molar refractivity (Wildman–Crippen MR) is 55.7 cm³/mol. The van der Waals surface area contributed by atoms with E-state index in [0.717, 1.165) is 24.4 Å². The van der Waals surface area contributed by atoms with Crippen LogP contribution in [0.2, 0.25) is 0 Å². The maximum absolute atomic E-state index is 5.94. The van der Waals surface area contributed by atoms with Crippen LogP contribution in [0.4, 0.5) is 5.82 Å². The van der Waals surface area contributed by atoms with Crippen molar-refractivity contribution in [2.75, 3.05) is 5.73 Å². The zero-order valence-electron chi connectivity index (χ0n) is 8.96. The second kappa shape index (κ2) is 3.81. The van der Waals surface area contributed by atoms with Gasteiger partial charge in [-0.2, -0.15) is 5.10 Å². The highest BCUT2D eigenvalue weighted by atomic mass is 15.3. The molecule has 3 heteroatoms. The molecule has 13 heavy (non-hydrogen) atoms. The Morgan fingerprint density at radius 2 is 2.08 bits per heavy atom. The summed E-state index contributed by atoms with van der Waals surface area (Å²) in [5.74, 6) is 1.29. The summed E-state index contributed by atoms with van der Waals surface area (Å²) in [7, 11) is 1.90. The number of aromatic nitrogens is 2. The third-order valence-corrected chi connectivity index (χ3v) is 2.27. The first-order valence-corrected chi connectivity index (χ1v) is 4.89. The number of aryl methyl sites for hydroxylation is 2. The first kappa shape index (κ1) is 10.1. The molecule has 0 bridgehead atoms. The minimum atomic E-state index is 0.468. The van der Waals surface area contributed by atoms with Gasteiger partial charge < -0.3 is 5.73 Å². The van der Waals surface area contributed by atoms with E-state index in [4.69, 9.17) is 5.73 Å². The van der Waals surface area contributed by atoms with Gasteiger partial charge in [-0.25, -0.2) is 0 Å². The Bertz CT molecular complexity index is 287. The van der Waals surface area contributed by atoms with Gasteiger partial charge in [0.15, 0.2) is 0 Å². The molecule has 0 amide bonds. The van der Waals surface area contributed by atoms with E-state index in [1.807, 2.05) is 7.05 Å². The third-order valence-electron chi connectivity index (χ3n) is 2.27. The molecule has 1 heterocycles. The fourth-order valence-electron chi connectivity index (χ4n) is 1.66. The Balaban J connectivity index is 3.11. The lowest BCUT2D eigenvalue weighted by atomic mass is 10.0. The van der Waals surface area contributed by atoms with Crippen LogP contribution in [0.25, 0.3) is 0 Å². The van der Waals surface area contributed by atoms with Gasteiger partial charge in [0.1, 0.15) is 5.82 Å². The van der Waals surface area contributed by atoms with Crippen molar-refractivity contribution in [1.29, 1.82) is 0 Å². The minimum absolute atomic E-state index is 0.468. The van der Waals surface area contributed by atoms with Crippen LogP contribution in [0.15, 0.2) is 0 Å². The average molecular weight is 181 g/mol. The van der Waals surface area contributed by atoms with Gasteiger partial charge in [0.2, 0.25) is 0 Å². The van der Waals surface area contributed by atoms with Crippen molar-refractivity contribution >= 4 is 5.82 Å². The Hall–Kier alpha value is -0.990. The summed E-state index contributed by atoms with van der Waals surface area (Å²) in [6.45, 7) is 6.48. The number of anilines is 1. The van der Waals surface area contributed by atoms with E-state index < -0.39 is 0 Å². The van der Waals surface area contributed by atoms with E-state index in [1.165, 1.54) is 5.56 Å². The van der Waals surface area contributed by atoms with Gasteiger partial charge in [-0.15, -0.1) is 0 Å². The molecule has 0 saturated heterocycles. The molecule has 0 aliphatic heterocycles. The molecule has 0 spiro atoms. The van der Waals surface area contributed by atoms with Crippen LogP contribution in [-0.2, 0) is 13.5 Å². The Morgan fingerprint density at radius 1 is 1.46 bits per heavy atom. The lowest BCUT2D eigenvalue weighted by Crippen LogP contribution is -2.00. The molecule has 3 nitrogen and oxygen atoms in total. The van der Waals surface area contributed by atoms with Gasteiger partial charge in [0.25, 0.3) is 0 Å². The molecule has 74 valence electrons. The second-order valence-corrected chi connectivity index (χ2v) is 3.77. The number of hydrogen-bond donors (Lipinski definition) is 1. The maximum Gasteiger partial charge on any atom is 0.125 e. The molecule has 0 fully saturated rings. The number of nitrogens with zero attached hydrogens (tertiary/aromatic N) is 2. The van der Waals surface area contributed by atoms with E-state index in [-0.39, 0.29) is 0 Å². The summed E-state index contributed by atoms with van der Waals surface area (Å²) in [6, 6.07) is 0. The normalized spacial score (nSPS) is 11.2. The Kier molecular flexibility index (Phi) is 2.96. The van der Waals surface area contributed by atoms with Crippen LogP contribution in [0, 0.1) is 0 Å². The highest BCUT2D eigenvalue weighted by Crippen LogP contribution is 2.25. The Labute approximate surface area is 79.9 Å². The number of nitrogens with two attached hydrogens (primary N) is 1. The van der Waals surface area contributed by atoms with Crippen molar-refractivity contribution in [3.05, 3.63) is 11.3 Å². The quantitative estimate of drug-likeness (QED) is 0.775.